The Balaban J connectivity index is -0.000000118. The van der Waals surface area contributed by atoms with Crippen LogP contribution in [0.2, 0.25) is 0 Å². The Labute approximate surface area is 121 Å². The van der Waals surface area contributed by atoms with Gasteiger partial charge in [0, 0.05) is 5.41 Å². The lowest BCUT2D eigenvalue weighted by Crippen LogP contribution is -2.10. The molecule has 0 fully saturated rings. The molecule has 116 valence electrons. The molecule has 0 radical (unpaired) electrons. The van der Waals surface area contributed by atoms with Crippen LogP contribution in [0, 0.1) is 5.41 Å². The largest absolute Gasteiger partial charge is 0.501 e. The van der Waals surface area contributed by atoms with Crippen LogP contribution in [-0.2, 0) is 9.53 Å². The number of hydrogen-bond acceptors (Lipinski definition) is 2. The molecule has 0 spiro atoms. The van der Waals surface area contributed by atoms with Gasteiger partial charge >= 0.3 is 0 Å². The zero-order valence-corrected chi connectivity index (χ0v) is 15.1. The van der Waals surface area contributed by atoms with Gasteiger partial charge in [-0.3, -0.25) is 0 Å². The van der Waals surface area contributed by atoms with Gasteiger partial charge in [-0.15, -0.1) is 0 Å². The fourth-order valence-corrected chi connectivity index (χ4v) is 0.805. The first-order chi connectivity index (χ1) is 8.61. The molecule has 0 bridgehead atoms. The van der Waals surface area contributed by atoms with Crippen molar-refractivity contribution in [1.29, 1.82) is 0 Å². The molecule has 0 amide bonds. The predicted octanol–water partition coefficient (Wildman–Crippen LogP) is 5.79. The minimum Gasteiger partial charge on any atom is -0.501 e. The van der Waals surface area contributed by atoms with Crippen LogP contribution in [-0.4, -0.2) is 12.9 Å². The number of ketones is 1. The van der Waals surface area contributed by atoms with E-state index in [2.05, 4.69) is 27.4 Å². The van der Waals surface area contributed by atoms with Gasteiger partial charge in [0.1, 0.15) is 11.5 Å². The molecule has 19 heavy (non-hydrogen) atoms. The van der Waals surface area contributed by atoms with E-state index in [1.54, 1.807) is 7.11 Å². The van der Waals surface area contributed by atoms with E-state index in [0.717, 1.165) is 11.3 Å². The summed E-state index contributed by atoms with van der Waals surface area (Å²) >= 11 is 0. The van der Waals surface area contributed by atoms with E-state index in [-0.39, 0.29) is 11.2 Å². The van der Waals surface area contributed by atoms with Gasteiger partial charge < -0.3 is 9.53 Å². The molecule has 0 heterocycles. The SMILES string of the molecule is C=C(C)/C=C(\OC)C(C)(C)C.CC.CC.CC(C)=O. The van der Waals surface area contributed by atoms with E-state index in [1.165, 1.54) is 13.8 Å². The minimum absolute atomic E-state index is 0.0771. The molecule has 2 nitrogen and oxygen atoms in total. The monoisotopic (exact) mass is 272 g/mol. The fourth-order valence-electron chi connectivity index (χ4n) is 0.805. The van der Waals surface area contributed by atoms with Crippen molar-refractivity contribution in [3.05, 3.63) is 24.0 Å². The molecule has 0 saturated heterocycles. The van der Waals surface area contributed by atoms with Gasteiger partial charge in [-0.2, -0.15) is 0 Å². The van der Waals surface area contributed by atoms with Gasteiger partial charge in [-0.25, -0.2) is 0 Å². The van der Waals surface area contributed by atoms with Crippen LogP contribution in [0.1, 0.15) is 69.2 Å². The second-order valence-corrected chi connectivity index (χ2v) is 4.72. The quantitative estimate of drug-likeness (QED) is 0.470. The molecular weight excluding hydrogens is 236 g/mol. The number of rotatable bonds is 2. The smallest absolute Gasteiger partial charge is 0.126 e. The van der Waals surface area contributed by atoms with E-state index < -0.39 is 0 Å². The van der Waals surface area contributed by atoms with Gasteiger partial charge in [0.15, 0.2) is 0 Å². The summed E-state index contributed by atoms with van der Waals surface area (Å²) in [4.78, 5) is 9.44. The molecular formula is C17H36O2. The van der Waals surface area contributed by atoms with Crippen LogP contribution in [0.3, 0.4) is 0 Å². The lowest BCUT2D eigenvalue weighted by atomic mass is 9.93. The van der Waals surface area contributed by atoms with Crippen LogP contribution < -0.4 is 0 Å². The standard InChI is InChI=1S/C10H18O.C3H6O.2C2H6/c1-8(2)7-9(11-6)10(3,4)5;1-3(2)4;2*1-2/h7H,1H2,2-6H3;1-2H3;2*1-2H3/b9-7-;;;. The predicted molar refractivity (Wildman–Crippen MR) is 88.4 cm³/mol. The topological polar surface area (TPSA) is 26.3 Å². The zero-order chi connectivity index (χ0) is 16.6. The third kappa shape index (κ3) is 31.6. The lowest BCUT2D eigenvalue weighted by Gasteiger charge is -2.21. The minimum atomic E-state index is 0.0771. The van der Waals surface area contributed by atoms with Crippen molar-refractivity contribution >= 4 is 5.78 Å². The number of Topliss-reactive ketones (excluding diaryl/α,β-unsaturated/α-hetero) is 1. The summed E-state index contributed by atoms with van der Waals surface area (Å²) in [6.07, 6.45) is 1.97. The Kier molecular flexibility index (Phi) is 23.6. The fraction of sp³-hybridized carbons (Fsp3) is 0.706. The second-order valence-electron chi connectivity index (χ2n) is 4.72. The Morgan fingerprint density at radius 2 is 1.26 bits per heavy atom. The summed E-state index contributed by atoms with van der Waals surface area (Å²) in [5, 5.41) is 0. The zero-order valence-electron chi connectivity index (χ0n) is 15.1. The molecule has 0 aromatic carbocycles. The highest BCUT2D eigenvalue weighted by atomic mass is 16.5. The van der Waals surface area contributed by atoms with E-state index in [0.29, 0.717) is 0 Å². The normalized spacial score (nSPS) is 9.53. The first-order valence-corrected chi connectivity index (χ1v) is 7.00. The second kappa shape index (κ2) is 16.9. The Morgan fingerprint density at radius 3 is 1.32 bits per heavy atom. The summed E-state index contributed by atoms with van der Waals surface area (Å²) < 4.78 is 5.23. The summed E-state index contributed by atoms with van der Waals surface area (Å²) in [5.41, 5.74) is 1.10. The maximum absolute atomic E-state index is 9.44. The van der Waals surface area contributed by atoms with E-state index in [4.69, 9.17) is 4.74 Å². The Morgan fingerprint density at radius 1 is 1.00 bits per heavy atom. The first kappa shape index (κ1) is 26.5. The van der Waals surface area contributed by atoms with Crippen molar-refractivity contribution in [2.45, 2.75) is 69.2 Å². The molecule has 0 aliphatic rings. The number of carbonyl (C=O) groups is 1. The van der Waals surface area contributed by atoms with Crippen LogP contribution in [0.25, 0.3) is 0 Å². The van der Waals surface area contributed by atoms with Gasteiger partial charge in [0.05, 0.1) is 7.11 Å². The maximum Gasteiger partial charge on any atom is 0.126 e. The molecule has 0 aliphatic heterocycles. The van der Waals surface area contributed by atoms with Crippen molar-refractivity contribution in [3.8, 4) is 0 Å². The lowest BCUT2D eigenvalue weighted by molar-refractivity contribution is -0.114. The third-order valence-electron chi connectivity index (χ3n) is 1.34. The first-order valence-electron chi connectivity index (χ1n) is 7.00. The molecule has 0 saturated carbocycles. The van der Waals surface area contributed by atoms with Gasteiger partial charge in [0.2, 0.25) is 0 Å². The third-order valence-corrected chi connectivity index (χ3v) is 1.34. The molecule has 0 aromatic heterocycles. The summed E-state index contributed by atoms with van der Waals surface area (Å²) in [7, 11) is 1.69. The number of carbonyl (C=O) groups excluding carboxylic acids is 1. The van der Waals surface area contributed by atoms with Crippen LogP contribution in [0.4, 0.5) is 0 Å². The van der Waals surface area contributed by atoms with Gasteiger partial charge in [-0.05, 0) is 26.8 Å². The van der Waals surface area contributed by atoms with E-state index in [1.807, 2.05) is 40.7 Å². The number of methoxy groups -OCH3 is 1. The maximum atomic E-state index is 9.44. The van der Waals surface area contributed by atoms with Crippen LogP contribution >= 0.6 is 0 Å². The highest BCUT2D eigenvalue weighted by Gasteiger charge is 2.16. The molecule has 2 heteroatoms. The Bertz CT molecular complexity index is 238. The molecule has 0 aliphatic carbocycles. The summed E-state index contributed by atoms with van der Waals surface area (Å²) in [6, 6.07) is 0. The Hall–Kier alpha value is -1.05. The summed E-state index contributed by atoms with van der Waals surface area (Å²) in [6.45, 7) is 23.2. The molecule has 0 aromatic rings. The molecule has 0 N–H and O–H groups in total. The highest BCUT2D eigenvalue weighted by molar-refractivity contribution is 5.72. The van der Waals surface area contributed by atoms with Crippen molar-refractivity contribution in [2.24, 2.45) is 5.41 Å². The highest BCUT2D eigenvalue weighted by Crippen LogP contribution is 2.26. The number of allylic oxidation sites excluding steroid dienone is 3. The molecule has 0 rings (SSSR count). The van der Waals surface area contributed by atoms with Gasteiger partial charge in [-0.1, -0.05) is 60.6 Å². The number of ether oxygens (including phenoxy) is 1. The van der Waals surface area contributed by atoms with Crippen molar-refractivity contribution in [2.75, 3.05) is 7.11 Å². The molecule has 0 atom stereocenters. The van der Waals surface area contributed by atoms with Crippen LogP contribution in [0.5, 0.6) is 0 Å². The van der Waals surface area contributed by atoms with Gasteiger partial charge in [0.25, 0.3) is 0 Å². The van der Waals surface area contributed by atoms with Crippen LogP contribution in [0.15, 0.2) is 24.0 Å². The van der Waals surface area contributed by atoms with E-state index in [9.17, 15) is 4.79 Å². The molecule has 0 unspecified atom stereocenters. The van der Waals surface area contributed by atoms with Crippen molar-refractivity contribution < 1.29 is 9.53 Å². The van der Waals surface area contributed by atoms with Crippen molar-refractivity contribution in [3.63, 3.8) is 0 Å². The summed E-state index contributed by atoms with van der Waals surface area (Å²) in [5.74, 6) is 1.14. The van der Waals surface area contributed by atoms with E-state index >= 15 is 0 Å². The van der Waals surface area contributed by atoms with Crippen molar-refractivity contribution in [1.82, 2.24) is 0 Å². The number of hydrogen-bond donors (Lipinski definition) is 0. The average Bonchev–Trinajstić information content (AvgIpc) is 2.29. The average molecular weight is 272 g/mol.